The Morgan fingerprint density at radius 1 is 1.22 bits per heavy atom. The molecule has 0 radical (unpaired) electrons. The molecule has 2 aromatic heterocycles. The summed E-state index contributed by atoms with van der Waals surface area (Å²) in [6, 6.07) is 0.413. The molecule has 0 aliphatic heterocycles. The van der Waals surface area contributed by atoms with E-state index in [1.807, 2.05) is 7.05 Å². The fourth-order valence-electron chi connectivity index (χ4n) is 1.87. The largest absolute Gasteiger partial charge is 0.316 e. The minimum Gasteiger partial charge on any atom is -0.316 e. The first kappa shape index (κ1) is 13.6. The molecule has 18 heavy (non-hydrogen) atoms. The van der Waals surface area contributed by atoms with Gasteiger partial charge >= 0.3 is 0 Å². The fourth-order valence-corrected chi connectivity index (χ4v) is 3.51. The zero-order chi connectivity index (χ0) is 13.1. The van der Waals surface area contributed by atoms with E-state index >= 15 is 0 Å². The molecule has 0 saturated carbocycles. The summed E-state index contributed by atoms with van der Waals surface area (Å²) in [4.78, 5) is 10.5. The summed E-state index contributed by atoms with van der Waals surface area (Å²) in [5.74, 6) is 0. The van der Waals surface area contributed by atoms with Crippen LogP contribution in [0.4, 0.5) is 0 Å². The van der Waals surface area contributed by atoms with Crippen molar-refractivity contribution in [3.05, 3.63) is 31.7 Å². The number of likely N-dealkylation sites (N-methyl/N-ethyl adjacent to an activating group) is 1. The van der Waals surface area contributed by atoms with Gasteiger partial charge in [0, 0.05) is 29.1 Å². The number of rotatable bonds is 5. The first-order chi connectivity index (χ1) is 8.58. The standard InChI is InChI=1S/C13H19N3S2/c1-8-9(2)18-13(15-8)6-11(14-4)5-12-7-17-10(3)16-12/h7,11,14H,5-6H2,1-4H3. The van der Waals surface area contributed by atoms with Crippen LogP contribution in [0.15, 0.2) is 5.38 Å². The maximum Gasteiger partial charge on any atom is 0.0946 e. The number of aromatic nitrogens is 2. The molecule has 0 spiro atoms. The van der Waals surface area contributed by atoms with E-state index < -0.39 is 0 Å². The van der Waals surface area contributed by atoms with Crippen molar-refractivity contribution in [3.8, 4) is 0 Å². The Hall–Kier alpha value is -0.780. The summed E-state index contributed by atoms with van der Waals surface area (Å²) >= 11 is 3.52. The van der Waals surface area contributed by atoms with E-state index in [9.17, 15) is 0 Å². The fraction of sp³-hybridized carbons (Fsp3) is 0.538. The van der Waals surface area contributed by atoms with Crippen molar-refractivity contribution >= 4 is 22.7 Å². The van der Waals surface area contributed by atoms with Gasteiger partial charge in [-0.25, -0.2) is 9.97 Å². The van der Waals surface area contributed by atoms with Crippen LogP contribution in [0.2, 0.25) is 0 Å². The van der Waals surface area contributed by atoms with Crippen molar-refractivity contribution in [2.45, 2.75) is 39.7 Å². The molecule has 0 aliphatic carbocycles. The minimum atomic E-state index is 0.413. The topological polar surface area (TPSA) is 37.8 Å². The highest BCUT2D eigenvalue weighted by atomic mass is 32.1. The lowest BCUT2D eigenvalue weighted by atomic mass is 10.1. The number of aryl methyl sites for hydroxylation is 3. The zero-order valence-corrected chi connectivity index (χ0v) is 12.9. The van der Waals surface area contributed by atoms with Crippen LogP contribution in [0, 0.1) is 20.8 Å². The molecule has 0 amide bonds. The molecule has 0 fully saturated rings. The Morgan fingerprint density at radius 3 is 2.50 bits per heavy atom. The van der Waals surface area contributed by atoms with Crippen LogP contribution < -0.4 is 5.32 Å². The van der Waals surface area contributed by atoms with E-state index in [-0.39, 0.29) is 0 Å². The molecular formula is C13H19N3S2. The monoisotopic (exact) mass is 281 g/mol. The second kappa shape index (κ2) is 5.91. The molecule has 0 bridgehead atoms. The number of hydrogen-bond acceptors (Lipinski definition) is 5. The molecule has 2 aromatic rings. The van der Waals surface area contributed by atoms with Crippen LogP contribution in [0.25, 0.3) is 0 Å². The van der Waals surface area contributed by atoms with E-state index in [0.717, 1.165) is 23.5 Å². The van der Waals surface area contributed by atoms with Gasteiger partial charge < -0.3 is 5.32 Å². The Labute approximate surface area is 116 Å². The number of nitrogens with one attached hydrogen (secondary N) is 1. The molecular weight excluding hydrogens is 262 g/mol. The Balaban J connectivity index is 2.01. The lowest BCUT2D eigenvalue weighted by Crippen LogP contribution is -2.30. The third kappa shape index (κ3) is 3.37. The third-order valence-corrected chi connectivity index (χ3v) is 4.94. The van der Waals surface area contributed by atoms with Crippen LogP contribution in [0.5, 0.6) is 0 Å². The summed E-state index contributed by atoms with van der Waals surface area (Å²) < 4.78 is 0. The first-order valence-electron chi connectivity index (χ1n) is 6.09. The van der Waals surface area contributed by atoms with Crippen LogP contribution in [0.3, 0.4) is 0 Å². The molecule has 0 saturated heterocycles. The maximum atomic E-state index is 4.61. The Bertz CT molecular complexity index is 497. The van der Waals surface area contributed by atoms with Crippen molar-refractivity contribution in [1.29, 1.82) is 0 Å². The average molecular weight is 281 g/mol. The SMILES string of the molecule is CNC(Cc1csc(C)n1)Cc1nc(C)c(C)s1. The molecule has 1 N–H and O–H groups in total. The molecule has 2 heterocycles. The molecule has 98 valence electrons. The highest BCUT2D eigenvalue weighted by Crippen LogP contribution is 2.19. The summed E-state index contributed by atoms with van der Waals surface area (Å²) in [5.41, 5.74) is 2.34. The van der Waals surface area contributed by atoms with Crippen LogP contribution >= 0.6 is 22.7 Å². The highest BCUT2D eigenvalue weighted by Gasteiger charge is 2.13. The lowest BCUT2D eigenvalue weighted by Gasteiger charge is -2.13. The van der Waals surface area contributed by atoms with Gasteiger partial charge in [0.05, 0.1) is 21.4 Å². The van der Waals surface area contributed by atoms with Crippen molar-refractivity contribution in [2.75, 3.05) is 7.05 Å². The molecule has 1 unspecified atom stereocenters. The number of hydrogen-bond donors (Lipinski definition) is 1. The quantitative estimate of drug-likeness (QED) is 0.915. The molecule has 2 rings (SSSR count). The minimum absolute atomic E-state index is 0.413. The second-order valence-electron chi connectivity index (χ2n) is 4.50. The van der Waals surface area contributed by atoms with E-state index in [0.29, 0.717) is 6.04 Å². The smallest absolute Gasteiger partial charge is 0.0946 e. The van der Waals surface area contributed by atoms with Gasteiger partial charge in [-0.1, -0.05) is 0 Å². The summed E-state index contributed by atoms with van der Waals surface area (Å²) in [6.45, 7) is 6.26. The van der Waals surface area contributed by atoms with Crippen molar-refractivity contribution in [2.24, 2.45) is 0 Å². The third-order valence-electron chi connectivity index (χ3n) is 3.02. The van der Waals surface area contributed by atoms with Crippen LogP contribution in [-0.4, -0.2) is 23.1 Å². The van der Waals surface area contributed by atoms with Crippen LogP contribution in [-0.2, 0) is 12.8 Å². The van der Waals surface area contributed by atoms with Gasteiger partial charge in [0.1, 0.15) is 0 Å². The molecule has 3 nitrogen and oxygen atoms in total. The predicted octanol–water partition coefficient (Wildman–Crippen LogP) is 2.90. The molecule has 1 atom stereocenters. The van der Waals surface area contributed by atoms with Crippen LogP contribution in [0.1, 0.15) is 26.3 Å². The highest BCUT2D eigenvalue weighted by molar-refractivity contribution is 7.11. The molecule has 0 aromatic carbocycles. The van der Waals surface area contributed by atoms with E-state index in [4.69, 9.17) is 0 Å². The normalized spacial score (nSPS) is 12.9. The first-order valence-corrected chi connectivity index (χ1v) is 7.79. The number of nitrogens with zero attached hydrogens (tertiary/aromatic N) is 2. The van der Waals surface area contributed by atoms with E-state index in [1.165, 1.54) is 15.6 Å². The summed E-state index contributed by atoms with van der Waals surface area (Å²) in [5, 5.41) is 7.88. The summed E-state index contributed by atoms with van der Waals surface area (Å²) in [7, 11) is 2.01. The molecule has 5 heteroatoms. The zero-order valence-electron chi connectivity index (χ0n) is 11.3. The van der Waals surface area contributed by atoms with Crippen molar-refractivity contribution in [1.82, 2.24) is 15.3 Å². The summed E-state index contributed by atoms with van der Waals surface area (Å²) in [6.07, 6.45) is 1.95. The van der Waals surface area contributed by atoms with Crippen molar-refractivity contribution < 1.29 is 0 Å². The Morgan fingerprint density at radius 2 is 2.00 bits per heavy atom. The van der Waals surface area contributed by atoms with Gasteiger partial charge in [-0.05, 0) is 27.8 Å². The van der Waals surface area contributed by atoms with Crippen molar-refractivity contribution in [3.63, 3.8) is 0 Å². The van der Waals surface area contributed by atoms with Gasteiger partial charge in [-0.3, -0.25) is 0 Å². The predicted molar refractivity (Wildman–Crippen MR) is 78.7 cm³/mol. The second-order valence-corrected chi connectivity index (χ2v) is 6.85. The number of thiazole rings is 2. The van der Waals surface area contributed by atoms with Gasteiger partial charge in [0.2, 0.25) is 0 Å². The van der Waals surface area contributed by atoms with Gasteiger partial charge in [0.15, 0.2) is 0 Å². The van der Waals surface area contributed by atoms with E-state index in [1.54, 1.807) is 22.7 Å². The van der Waals surface area contributed by atoms with E-state index in [2.05, 4.69) is 41.4 Å². The Kier molecular flexibility index (Phi) is 4.48. The lowest BCUT2D eigenvalue weighted by molar-refractivity contribution is 0.549. The van der Waals surface area contributed by atoms with Gasteiger partial charge in [-0.15, -0.1) is 22.7 Å². The maximum absolute atomic E-state index is 4.61. The molecule has 0 aliphatic rings. The van der Waals surface area contributed by atoms with Gasteiger partial charge in [-0.2, -0.15) is 0 Å². The average Bonchev–Trinajstić information content (AvgIpc) is 2.85. The van der Waals surface area contributed by atoms with Gasteiger partial charge in [0.25, 0.3) is 0 Å².